The van der Waals surface area contributed by atoms with Crippen LogP contribution in [-0.4, -0.2) is 137 Å². The molecule has 5 aromatic rings. The van der Waals surface area contributed by atoms with E-state index in [1.807, 2.05) is 0 Å². The molecule has 25 heteroatoms. The molecule has 0 bridgehead atoms. The summed E-state index contributed by atoms with van der Waals surface area (Å²) in [7, 11) is 0. The molecule has 68 heavy (non-hydrogen) atoms. The number of carbonyl (C=O) groups is 5. The third kappa shape index (κ3) is 10.0. The average Bonchev–Trinajstić information content (AvgIpc) is 3.28. The molecule has 1 heterocycles. The van der Waals surface area contributed by atoms with Crippen molar-refractivity contribution in [3.63, 3.8) is 0 Å². The van der Waals surface area contributed by atoms with E-state index in [0.717, 1.165) is 12.1 Å². The van der Waals surface area contributed by atoms with Crippen molar-refractivity contribution in [2.45, 2.75) is 37.6 Å². The second kappa shape index (κ2) is 19.1. The van der Waals surface area contributed by atoms with E-state index in [9.17, 15) is 101 Å². The standard InChI is InChI=1S/C43H36O25/c44-20(14-3-21(45)32(56)22(46)4-14)2-1-19-37(65-39(61)16-7-25(49)34(58)26(50)8-16)42(64-13-31(55)15-5-23(47)33(57)24(48)6-15)68-43(67-41(63)18-11-29(53)36(60)30(54)12-18)38(19)66-40(62)17-9-27(51)35(59)28(52)10-17/h3-12,19,37-38,42-43,45-54,56-60H,1-2,13H2/t19-,37-,38+,42-,43+/m0/s1. The van der Waals surface area contributed by atoms with Gasteiger partial charge in [-0.25, -0.2) is 14.4 Å². The van der Waals surface area contributed by atoms with Crippen LogP contribution in [0.25, 0.3) is 0 Å². The smallest absolute Gasteiger partial charge is 0.340 e. The molecule has 25 nitrogen and oxygen atoms in total. The highest BCUT2D eigenvalue weighted by Gasteiger charge is 2.53. The highest BCUT2D eigenvalue weighted by Crippen LogP contribution is 2.43. The topological polar surface area (TPSA) is 435 Å². The summed E-state index contributed by atoms with van der Waals surface area (Å²) in [6, 6.07) is 6.53. The summed E-state index contributed by atoms with van der Waals surface area (Å²) in [5, 5.41) is 151. The molecule has 358 valence electrons. The Balaban J connectivity index is 1.50. The van der Waals surface area contributed by atoms with Crippen LogP contribution in [0.5, 0.6) is 86.2 Å². The maximum Gasteiger partial charge on any atom is 0.340 e. The number of aromatic hydroxyl groups is 15. The van der Waals surface area contributed by atoms with E-state index in [-0.39, 0.29) is 0 Å². The minimum atomic E-state index is -2.40. The van der Waals surface area contributed by atoms with Gasteiger partial charge in [0.2, 0.25) is 6.29 Å². The number of rotatable bonds is 14. The van der Waals surface area contributed by atoms with Gasteiger partial charge in [-0.3, -0.25) is 9.59 Å². The van der Waals surface area contributed by atoms with Crippen LogP contribution in [0.2, 0.25) is 0 Å². The van der Waals surface area contributed by atoms with Gasteiger partial charge < -0.3 is 100 Å². The maximum absolute atomic E-state index is 13.9. The Labute approximate surface area is 378 Å². The van der Waals surface area contributed by atoms with Crippen molar-refractivity contribution in [1.29, 1.82) is 0 Å². The zero-order valence-corrected chi connectivity index (χ0v) is 34.1. The van der Waals surface area contributed by atoms with Crippen molar-refractivity contribution < 1.29 is 124 Å². The van der Waals surface area contributed by atoms with Gasteiger partial charge in [0.15, 0.2) is 116 Å². The van der Waals surface area contributed by atoms with Crippen LogP contribution in [0, 0.1) is 5.92 Å². The lowest BCUT2D eigenvalue weighted by Crippen LogP contribution is -2.59. The van der Waals surface area contributed by atoms with Gasteiger partial charge in [0.05, 0.1) is 16.7 Å². The molecular formula is C43H36O25. The van der Waals surface area contributed by atoms with Crippen molar-refractivity contribution in [3.8, 4) is 86.2 Å². The van der Waals surface area contributed by atoms with E-state index < -0.39 is 194 Å². The average molecular weight is 953 g/mol. The molecule has 6 rings (SSSR count). The van der Waals surface area contributed by atoms with Crippen molar-refractivity contribution in [2.24, 2.45) is 5.92 Å². The Morgan fingerprint density at radius 1 is 0.382 bits per heavy atom. The third-order valence-electron chi connectivity index (χ3n) is 10.1. The lowest BCUT2D eigenvalue weighted by atomic mass is 9.86. The first-order valence-corrected chi connectivity index (χ1v) is 19.2. The van der Waals surface area contributed by atoms with Crippen molar-refractivity contribution in [2.75, 3.05) is 6.61 Å². The molecule has 1 saturated heterocycles. The number of hydrogen-bond acceptors (Lipinski definition) is 25. The summed E-state index contributed by atoms with van der Waals surface area (Å²) in [5.74, 6) is -24.0. The van der Waals surface area contributed by atoms with Gasteiger partial charge in [0.1, 0.15) is 6.61 Å². The van der Waals surface area contributed by atoms with Gasteiger partial charge in [0, 0.05) is 23.5 Å². The quantitative estimate of drug-likeness (QED) is 0.0329. The summed E-state index contributed by atoms with van der Waals surface area (Å²) < 4.78 is 28.5. The van der Waals surface area contributed by atoms with Gasteiger partial charge in [0.25, 0.3) is 0 Å². The van der Waals surface area contributed by atoms with E-state index in [0.29, 0.717) is 48.5 Å². The summed E-state index contributed by atoms with van der Waals surface area (Å²) in [6.07, 6.45) is -10.6. The molecule has 1 aliphatic heterocycles. The first-order chi connectivity index (χ1) is 31.9. The molecule has 0 amide bonds. The van der Waals surface area contributed by atoms with Crippen molar-refractivity contribution >= 4 is 29.5 Å². The maximum atomic E-state index is 13.9. The molecule has 15 N–H and O–H groups in total. The fourth-order valence-corrected chi connectivity index (χ4v) is 6.66. The largest absolute Gasteiger partial charge is 0.504 e. The van der Waals surface area contributed by atoms with Gasteiger partial charge in [-0.2, -0.15) is 0 Å². The number of phenolic OH excluding ortho intramolecular Hbond substituents is 15. The monoisotopic (exact) mass is 952 g/mol. The highest BCUT2D eigenvalue weighted by atomic mass is 16.8. The zero-order valence-electron chi connectivity index (χ0n) is 34.1. The third-order valence-corrected chi connectivity index (χ3v) is 10.1. The van der Waals surface area contributed by atoms with Crippen LogP contribution in [0.15, 0.2) is 60.7 Å². The Morgan fingerprint density at radius 2 is 0.662 bits per heavy atom. The molecule has 5 aromatic carbocycles. The first kappa shape index (κ1) is 48.2. The van der Waals surface area contributed by atoms with Crippen LogP contribution >= 0.6 is 0 Å². The number of Topliss-reactive ketones (excluding diaryl/α,β-unsaturated/α-hetero) is 2. The second-order valence-electron chi connectivity index (χ2n) is 14.7. The Hall–Kier alpha value is -9.23. The Kier molecular flexibility index (Phi) is 13.5. The SMILES string of the molecule is O=C(CC[C@H]1[C@H](OC(=O)c2cc(O)c(O)c(O)c2)[C@@H](OCC(=O)c2cc(O)c(O)c(O)c2)O[C@@H](OC(=O)c2cc(O)c(O)c(O)c2)[C@@H]1OC(=O)c1cc(O)c(O)c(O)c1)c1cc(O)c(O)c(O)c1. The van der Waals surface area contributed by atoms with Crippen LogP contribution in [0.4, 0.5) is 0 Å². The van der Waals surface area contributed by atoms with Gasteiger partial charge in [-0.15, -0.1) is 0 Å². The van der Waals surface area contributed by atoms with Gasteiger partial charge in [-0.1, -0.05) is 0 Å². The molecule has 5 atom stereocenters. The second-order valence-corrected chi connectivity index (χ2v) is 14.7. The zero-order chi connectivity index (χ0) is 50.0. The van der Waals surface area contributed by atoms with Gasteiger partial charge in [-0.05, 0) is 67.1 Å². The van der Waals surface area contributed by atoms with Crippen molar-refractivity contribution in [1.82, 2.24) is 0 Å². The Morgan fingerprint density at radius 3 is 1.00 bits per heavy atom. The molecule has 0 aliphatic carbocycles. The summed E-state index contributed by atoms with van der Waals surface area (Å²) in [4.78, 5) is 68.6. The fourth-order valence-electron chi connectivity index (χ4n) is 6.66. The lowest BCUT2D eigenvalue weighted by Gasteiger charge is -2.44. The molecule has 0 radical (unpaired) electrons. The lowest BCUT2D eigenvalue weighted by molar-refractivity contribution is -0.325. The molecule has 0 unspecified atom stereocenters. The normalized spacial score (nSPS) is 17.7. The van der Waals surface area contributed by atoms with Crippen LogP contribution in [0.3, 0.4) is 0 Å². The number of benzene rings is 5. The fraction of sp³-hybridized carbons (Fsp3) is 0.186. The molecule has 0 spiro atoms. The number of hydrogen-bond donors (Lipinski definition) is 15. The van der Waals surface area contributed by atoms with Gasteiger partial charge >= 0.3 is 17.9 Å². The molecule has 0 saturated carbocycles. The Bertz CT molecular complexity index is 2740. The van der Waals surface area contributed by atoms with Crippen molar-refractivity contribution in [3.05, 3.63) is 88.5 Å². The van der Waals surface area contributed by atoms with E-state index >= 15 is 0 Å². The summed E-state index contributed by atoms with van der Waals surface area (Å²) in [5.41, 5.74) is -3.13. The first-order valence-electron chi connectivity index (χ1n) is 19.2. The number of esters is 3. The van der Waals surface area contributed by atoms with E-state index in [1.54, 1.807) is 0 Å². The number of carbonyl (C=O) groups excluding carboxylic acids is 5. The van der Waals surface area contributed by atoms with E-state index in [1.165, 1.54) is 0 Å². The predicted octanol–water partition coefficient (Wildman–Crippen LogP) is 2.74. The molecule has 0 aromatic heterocycles. The van der Waals surface area contributed by atoms with Crippen LogP contribution in [0.1, 0.15) is 64.6 Å². The molecular weight excluding hydrogens is 916 g/mol. The van der Waals surface area contributed by atoms with E-state index in [2.05, 4.69) is 0 Å². The number of ether oxygens (including phenoxy) is 5. The van der Waals surface area contributed by atoms with Crippen LogP contribution in [-0.2, 0) is 23.7 Å². The highest BCUT2D eigenvalue weighted by molar-refractivity contribution is 5.99. The minimum Gasteiger partial charge on any atom is -0.504 e. The summed E-state index contributed by atoms with van der Waals surface area (Å²) in [6.45, 7) is -1.18. The van der Waals surface area contributed by atoms with E-state index in [4.69, 9.17) is 23.7 Å². The predicted molar refractivity (Wildman–Crippen MR) is 217 cm³/mol. The molecule has 1 fully saturated rings. The minimum absolute atomic E-state index is 0.453. The molecule has 1 aliphatic rings. The number of ketones is 2. The van der Waals surface area contributed by atoms with Crippen LogP contribution < -0.4 is 0 Å². The number of phenols is 15. The summed E-state index contributed by atoms with van der Waals surface area (Å²) >= 11 is 0.